The molecule has 0 bridgehead atoms. The number of benzene rings is 1. The van der Waals surface area contributed by atoms with Crippen molar-refractivity contribution in [2.45, 2.75) is 70.3 Å². The van der Waals surface area contributed by atoms with E-state index in [4.69, 9.17) is 0 Å². The van der Waals surface area contributed by atoms with Gasteiger partial charge in [0.25, 0.3) is 0 Å². The number of hydrogen-bond acceptors (Lipinski definition) is 1. The lowest BCUT2D eigenvalue weighted by molar-refractivity contribution is -0.104. The van der Waals surface area contributed by atoms with E-state index < -0.39 is 5.60 Å². The van der Waals surface area contributed by atoms with Gasteiger partial charge in [-0.25, -0.2) is 0 Å². The molecule has 0 aromatic heterocycles. The fraction of sp³-hybridized carbons (Fsp3) is 0.700. The lowest BCUT2D eigenvalue weighted by atomic mass is 9.53. The Morgan fingerprint density at radius 3 is 2.76 bits per heavy atom. The molecule has 0 radical (unpaired) electrons. The first-order chi connectivity index (χ1) is 10.1. The van der Waals surface area contributed by atoms with Crippen molar-refractivity contribution in [2.24, 2.45) is 17.3 Å². The van der Waals surface area contributed by atoms with E-state index in [1.54, 1.807) is 11.1 Å². The summed E-state index contributed by atoms with van der Waals surface area (Å²) in [6, 6.07) is 9.11. The second-order valence-corrected chi connectivity index (χ2v) is 7.99. The minimum Gasteiger partial charge on any atom is -0.389 e. The summed E-state index contributed by atoms with van der Waals surface area (Å²) in [5.41, 5.74) is 2.98. The minimum atomic E-state index is -0.403. The van der Waals surface area contributed by atoms with Gasteiger partial charge in [-0.3, -0.25) is 0 Å². The third kappa shape index (κ3) is 1.73. The smallest absolute Gasteiger partial charge is 0.0701 e. The van der Waals surface area contributed by atoms with Crippen LogP contribution in [-0.4, -0.2) is 10.7 Å². The lowest BCUT2D eigenvalue weighted by Crippen LogP contribution is -2.50. The highest BCUT2D eigenvalue weighted by molar-refractivity contribution is 5.35. The summed E-state index contributed by atoms with van der Waals surface area (Å²) in [5, 5.41) is 11.1. The molecule has 0 amide bonds. The van der Waals surface area contributed by atoms with Crippen molar-refractivity contribution in [3.8, 4) is 0 Å². The van der Waals surface area contributed by atoms with Crippen LogP contribution in [0, 0.1) is 17.3 Å². The summed E-state index contributed by atoms with van der Waals surface area (Å²) in [6.45, 7) is 4.57. The Morgan fingerprint density at radius 2 is 1.95 bits per heavy atom. The van der Waals surface area contributed by atoms with Crippen LogP contribution in [0.5, 0.6) is 0 Å². The van der Waals surface area contributed by atoms with Crippen molar-refractivity contribution < 1.29 is 5.11 Å². The Bertz CT molecular complexity index is 551. The molecular weight excluding hydrogens is 256 g/mol. The lowest BCUT2D eigenvalue weighted by Gasteiger charge is -2.53. The van der Waals surface area contributed by atoms with Crippen molar-refractivity contribution in [1.29, 1.82) is 0 Å². The first kappa shape index (κ1) is 13.8. The number of rotatable bonds is 1. The Balaban J connectivity index is 1.71. The molecule has 0 aliphatic heterocycles. The van der Waals surface area contributed by atoms with Gasteiger partial charge in [0.1, 0.15) is 0 Å². The van der Waals surface area contributed by atoms with E-state index in [2.05, 4.69) is 38.1 Å². The topological polar surface area (TPSA) is 20.2 Å². The standard InChI is InChI=1S/C20H28O/c1-3-20(21)13-11-18-17-9-8-14-6-4-5-7-15(14)16(17)10-12-19(18,20)2/h4-7,16-18,21H,3,8-13H2,1-2H3/t16-,17-,18+,19+,20+/m1/s1. The fourth-order valence-electron chi connectivity index (χ4n) is 6.21. The molecule has 3 aliphatic carbocycles. The van der Waals surface area contributed by atoms with Crippen LogP contribution >= 0.6 is 0 Å². The maximum atomic E-state index is 11.1. The molecule has 1 aromatic carbocycles. The molecule has 3 aliphatic rings. The summed E-state index contributed by atoms with van der Waals surface area (Å²) < 4.78 is 0. The van der Waals surface area contributed by atoms with Crippen LogP contribution in [0.2, 0.25) is 0 Å². The summed E-state index contributed by atoms with van der Waals surface area (Å²) >= 11 is 0. The number of aryl methyl sites for hydroxylation is 1. The van der Waals surface area contributed by atoms with Crippen LogP contribution in [-0.2, 0) is 6.42 Å². The molecular formula is C20H28O. The van der Waals surface area contributed by atoms with Crippen molar-refractivity contribution in [3.05, 3.63) is 35.4 Å². The van der Waals surface area contributed by atoms with E-state index in [1.165, 1.54) is 32.1 Å². The largest absolute Gasteiger partial charge is 0.389 e. The molecule has 21 heavy (non-hydrogen) atoms. The average molecular weight is 284 g/mol. The van der Waals surface area contributed by atoms with E-state index in [1.807, 2.05) is 0 Å². The van der Waals surface area contributed by atoms with Gasteiger partial charge in [-0.1, -0.05) is 38.1 Å². The molecule has 4 rings (SSSR count). The Labute approximate surface area is 128 Å². The van der Waals surface area contributed by atoms with Crippen molar-refractivity contribution in [1.82, 2.24) is 0 Å². The molecule has 2 fully saturated rings. The molecule has 0 spiro atoms. The molecule has 0 heterocycles. The number of hydrogen-bond donors (Lipinski definition) is 1. The Hall–Kier alpha value is -0.820. The zero-order chi connectivity index (χ0) is 14.7. The van der Waals surface area contributed by atoms with Gasteiger partial charge >= 0.3 is 0 Å². The van der Waals surface area contributed by atoms with E-state index in [0.29, 0.717) is 0 Å². The summed E-state index contributed by atoms with van der Waals surface area (Å²) in [6.07, 6.45) is 8.25. The molecule has 1 heteroatoms. The van der Waals surface area contributed by atoms with E-state index in [9.17, 15) is 5.11 Å². The van der Waals surface area contributed by atoms with Crippen LogP contribution in [0.1, 0.15) is 69.4 Å². The summed E-state index contributed by atoms with van der Waals surface area (Å²) in [5.74, 6) is 2.29. The van der Waals surface area contributed by atoms with Gasteiger partial charge in [0.15, 0.2) is 0 Å². The molecule has 0 saturated heterocycles. The van der Waals surface area contributed by atoms with E-state index >= 15 is 0 Å². The van der Waals surface area contributed by atoms with Crippen LogP contribution in [0.25, 0.3) is 0 Å². The second-order valence-electron chi connectivity index (χ2n) is 7.99. The van der Waals surface area contributed by atoms with Crippen molar-refractivity contribution in [3.63, 3.8) is 0 Å². The number of fused-ring (bicyclic) bond motifs is 5. The van der Waals surface area contributed by atoms with Gasteiger partial charge < -0.3 is 5.11 Å². The second kappa shape index (κ2) is 4.59. The van der Waals surface area contributed by atoms with Crippen LogP contribution in [0.4, 0.5) is 0 Å². The summed E-state index contributed by atoms with van der Waals surface area (Å²) in [4.78, 5) is 0. The van der Waals surface area contributed by atoms with Gasteiger partial charge in [-0.2, -0.15) is 0 Å². The highest BCUT2D eigenvalue weighted by atomic mass is 16.3. The van der Waals surface area contributed by atoms with Crippen molar-refractivity contribution >= 4 is 0 Å². The van der Waals surface area contributed by atoms with Crippen LogP contribution in [0.15, 0.2) is 24.3 Å². The monoisotopic (exact) mass is 284 g/mol. The maximum Gasteiger partial charge on any atom is 0.0701 e. The Kier molecular flexibility index (Phi) is 3.02. The third-order valence-electron chi connectivity index (χ3n) is 7.55. The van der Waals surface area contributed by atoms with Crippen molar-refractivity contribution in [2.75, 3.05) is 0 Å². The van der Waals surface area contributed by atoms with Gasteiger partial charge in [0.2, 0.25) is 0 Å². The highest BCUT2D eigenvalue weighted by Gasteiger charge is 2.60. The van der Waals surface area contributed by atoms with Crippen LogP contribution in [0.3, 0.4) is 0 Å². The number of aliphatic hydroxyl groups is 1. The zero-order valence-electron chi connectivity index (χ0n) is 13.4. The molecule has 1 N–H and O–H groups in total. The van der Waals surface area contributed by atoms with E-state index in [0.717, 1.165) is 30.6 Å². The molecule has 2 saturated carbocycles. The predicted octanol–water partition coefficient (Wildman–Crippen LogP) is 4.68. The molecule has 114 valence electrons. The maximum absolute atomic E-state index is 11.1. The van der Waals surface area contributed by atoms with Gasteiger partial charge in [0, 0.05) is 0 Å². The average Bonchev–Trinajstić information content (AvgIpc) is 2.79. The quantitative estimate of drug-likeness (QED) is 0.793. The SMILES string of the molecule is CC[C@]1(O)CC[C@H]2[C@@H]3CCc4ccccc4[C@H]3CC[C@@]21C. The normalized spacial score (nSPS) is 44.8. The summed E-state index contributed by atoms with van der Waals surface area (Å²) in [7, 11) is 0. The third-order valence-corrected chi connectivity index (χ3v) is 7.55. The zero-order valence-corrected chi connectivity index (χ0v) is 13.4. The molecule has 0 unspecified atom stereocenters. The van der Waals surface area contributed by atoms with Crippen LogP contribution < -0.4 is 0 Å². The minimum absolute atomic E-state index is 0.162. The molecule has 1 aromatic rings. The first-order valence-electron chi connectivity index (χ1n) is 8.89. The van der Waals surface area contributed by atoms with E-state index in [-0.39, 0.29) is 5.41 Å². The van der Waals surface area contributed by atoms with Gasteiger partial charge in [0.05, 0.1) is 5.60 Å². The predicted molar refractivity (Wildman–Crippen MR) is 86.3 cm³/mol. The van der Waals surface area contributed by atoms with Gasteiger partial charge in [-0.05, 0) is 79.2 Å². The first-order valence-corrected chi connectivity index (χ1v) is 8.89. The molecule has 5 atom stereocenters. The fourth-order valence-corrected chi connectivity index (χ4v) is 6.21. The van der Waals surface area contributed by atoms with Gasteiger partial charge in [-0.15, -0.1) is 0 Å². The highest BCUT2D eigenvalue weighted by Crippen LogP contribution is 2.64. The molecule has 1 nitrogen and oxygen atoms in total. The Morgan fingerprint density at radius 1 is 1.14 bits per heavy atom.